The van der Waals surface area contributed by atoms with Crippen molar-refractivity contribution in [3.05, 3.63) is 40.2 Å². The van der Waals surface area contributed by atoms with Gasteiger partial charge in [-0.25, -0.2) is 4.79 Å². The fraction of sp³-hybridized carbons (Fsp3) is 0.167. The maximum Gasteiger partial charge on any atom is 0.374 e. The SMILES string of the molecule is CCOC(=O)c1cc(=O)c2ccc(O)cc2o1. The Balaban J connectivity index is 2.61. The van der Waals surface area contributed by atoms with E-state index in [1.807, 2.05) is 0 Å². The minimum Gasteiger partial charge on any atom is -0.508 e. The summed E-state index contributed by atoms with van der Waals surface area (Å²) < 4.78 is 9.93. The van der Waals surface area contributed by atoms with Crippen LogP contribution in [0, 0.1) is 0 Å². The molecule has 1 aromatic heterocycles. The standard InChI is InChI=1S/C12H10O5/c1-2-16-12(15)11-6-9(14)8-4-3-7(13)5-10(8)17-11/h3-6,13H,2H2,1H3. The lowest BCUT2D eigenvalue weighted by molar-refractivity contribution is 0.0490. The Morgan fingerprint density at radius 3 is 2.88 bits per heavy atom. The topological polar surface area (TPSA) is 76.7 Å². The van der Waals surface area contributed by atoms with Crippen molar-refractivity contribution in [3.63, 3.8) is 0 Å². The average molecular weight is 234 g/mol. The van der Waals surface area contributed by atoms with Crippen LogP contribution in [0.25, 0.3) is 11.0 Å². The Labute approximate surface area is 96.2 Å². The highest BCUT2D eigenvalue weighted by molar-refractivity contribution is 5.89. The minimum atomic E-state index is -0.699. The van der Waals surface area contributed by atoms with Gasteiger partial charge in [0.15, 0.2) is 5.43 Å². The molecule has 0 unspecified atom stereocenters. The molecule has 0 aliphatic carbocycles. The molecule has 2 rings (SSSR count). The van der Waals surface area contributed by atoms with Gasteiger partial charge in [0, 0.05) is 12.1 Å². The highest BCUT2D eigenvalue weighted by Gasteiger charge is 2.13. The number of hydrogen-bond donors (Lipinski definition) is 1. The van der Waals surface area contributed by atoms with E-state index in [9.17, 15) is 14.7 Å². The van der Waals surface area contributed by atoms with E-state index >= 15 is 0 Å². The summed E-state index contributed by atoms with van der Waals surface area (Å²) in [6, 6.07) is 5.17. The van der Waals surface area contributed by atoms with Crippen molar-refractivity contribution < 1.29 is 19.1 Å². The molecular weight excluding hydrogens is 224 g/mol. The van der Waals surface area contributed by atoms with Gasteiger partial charge in [0.05, 0.1) is 12.0 Å². The first-order valence-corrected chi connectivity index (χ1v) is 5.06. The zero-order chi connectivity index (χ0) is 12.4. The van der Waals surface area contributed by atoms with Crippen molar-refractivity contribution in [2.75, 3.05) is 6.61 Å². The molecule has 5 nitrogen and oxygen atoms in total. The molecule has 0 amide bonds. The summed E-state index contributed by atoms with van der Waals surface area (Å²) in [7, 11) is 0. The molecule has 0 radical (unpaired) electrons. The first-order chi connectivity index (χ1) is 8.11. The highest BCUT2D eigenvalue weighted by Crippen LogP contribution is 2.18. The van der Waals surface area contributed by atoms with Gasteiger partial charge in [-0.2, -0.15) is 0 Å². The van der Waals surface area contributed by atoms with Gasteiger partial charge in [-0.1, -0.05) is 0 Å². The molecule has 0 atom stereocenters. The molecule has 0 fully saturated rings. The van der Waals surface area contributed by atoms with Gasteiger partial charge in [-0.15, -0.1) is 0 Å². The third-order valence-electron chi connectivity index (χ3n) is 2.19. The van der Waals surface area contributed by atoms with Crippen LogP contribution in [0.3, 0.4) is 0 Å². The predicted octanol–water partition coefficient (Wildman–Crippen LogP) is 1.68. The number of fused-ring (bicyclic) bond motifs is 1. The van der Waals surface area contributed by atoms with E-state index in [4.69, 9.17) is 9.15 Å². The van der Waals surface area contributed by atoms with Crippen LogP contribution >= 0.6 is 0 Å². The number of benzene rings is 1. The van der Waals surface area contributed by atoms with E-state index in [0.29, 0.717) is 5.39 Å². The zero-order valence-electron chi connectivity index (χ0n) is 9.10. The monoisotopic (exact) mass is 234 g/mol. The van der Waals surface area contributed by atoms with E-state index in [0.717, 1.165) is 6.07 Å². The number of phenolic OH excluding ortho intramolecular Hbond substituents is 1. The van der Waals surface area contributed by atoms with Crippen molar-refractivity contribution >= 4 is 16.9 Å². The summed E-state index contributed by atoms with van der Waals surface area (Å²) in [5.41, 5.74) is -0.199. The third kappa shape index (κ3) is 2.13. The first kappa shape index (κ1) is 11.2. The van der Waals surface area contributed by atoms with Crippen LogP contribution in [0.2, 0.25) is 0 Å². The Morgan fingerprint density at radius 2 is 2.18 bits per heavy atom. The Hall–Kier alpha value is -2.30. The molecule has 1 N–H and O–H groups in total. The van der Waals surface area contributed by atoms with Crippen LogP contribution in [0.1, 0.15) is 17.5 Å². The van der Waals surface area contributed by atoms with Gasteiger partial charge in [-0.05, 0) is 19.1 Å². The van der Waals surface area contributed by atoms with Gasteiger partial charge in [0.25, 0.3) is 0 Å². The van der Waals surface area contributed by atoms with Crippen LogP contribution in [-0.2, 0) is 4.74 Å². The summed E-state index contributed by atoms with van der Waals surface area (Å²) in [4.78, 5) is 23.1. The van der Waals surface area contributed by atoms with E-state index in [1.165, 1.54) is 18.2 Å². The smallest absolute Gasteiger partial charge is 0.374 e. The number of carbonyl (C=O) groups is 1. The highest BCUT2D eigenvalue weighted by atomic mass is 16.5. The summed E-state index contributed by atoms with van der Waals surface area (Å²) in [5, 5.41) is 9.58. The van der Waals surface area contributed by atoms with Gasteiger partial charge < -0.3 is 14.3 Å². The van der Waals surface area contributed by atoms with Crippen LogP contribution in [0.15, 0.2) is 33.5 Å². The molecule has 0 saturated carbocycles. The summed E-state index contributed by atoms with van der Waals surface area (Å²) in [6.45, 7) is 1.85. The molecule has 0 aliphatic heterocycles. The third-order valence-corrected chi connectivity index (χ3v) is 2.19. The second-order valence-corrected chi connectivity index (χ2v) is 3.38. The molecule has 1 aromatic carbocycles. The lowest BCUT2D eigenvalue weighted by atomic mass is 10.2. The number of ether oxygens (including phenoxy) is 1. The van der Waals surface area contributed by atoms with Gasteiger partial charge >= 0.3 is 5.97 Å². The Bertz CT molecular complexity index is 626. The number of phenols is 1. The van der Waals surface area contributed by atoms with Crippen molar-refractivity contribution in [1.82, 2.24) is 0 Å². The largest absolute Gasteiger partial charge is 0.508 e. The maximum atomic E-state index is 11.7. The van der Waals surface area contributed by atoms with Gasteiger partial charge in [-0.3, -0.25) is 4.79 Å². The second kappa shape index (κ2) is 4.29. The molecule has 0 saturated heterocycles. The summed E-state index contributed by atoms with van der Waals surface area (Å²) in [5.74, 6) is -0.911. The molecule has 17 heavy (non-hydrogen) atoms. The molecule has 1 heterocycles. The van der Waals surface area contributed by atoms with E-state index in [2.05, 4.69) is 0 Å². The molecule has 0 spiro atoms. The van der Waals surface area contributed by atoms with E-state index in [1.54, 1.807) is 6.92 Å². The molecular formula is C12H10O5. The number of aromatic hydroxyl groups is 1. The number of hydrogen-bond acceptors (Lipinski definition) is 5. The number of rotatable bonds is 2. The van der Waals surface area contributed by atoms with Crippen LogP contribution in [-0.4, -0.2) is 17.7 Å². The summed E-state index contributed by atoms with van der Waals surface area (Å²) >= 11 is 0. The molecule has 5 heteroatoms. The van der Waals surface area contributed by atoms with Gasteiger partial charge in [0.1, 0.15) is 11.3 Å². The molecule has 0 aliphatic rings. The Kier molecular flexibility index (Phi) is 2.82. The zero-order valence-corrected chi connectivity index (χ0v) is 9.10. The normalized spacial score (nSPS) is 10.4. The second-order valence-electron chi connectivity index (χ2n) is 3.38. The van der Waals surface area contributed by atoms with Crippen LogP contribution < -0.4 is 5.43 Å². The van der Waals surface area contributed by atoms with Crippen molar-refractivity contribution in [2.45, 2.75) is 6.92 Å². The lowest BCUT2D eigenvalue weighted by Gasteiger charge is -2.02. The van der Waals surface area contributed by atoms with Crippen LogP contribution in [0.5, 0.6) is 5.75 Å². The Morgan fingerprint density at radius 1 is 1.41 bits per heavy atom. The van der Waals surface area contributed by atoms with Crippen molar-refractivity contribution in [3.8, 4) is 5.75 Å². The predicted molar refractivity (Wildman–Crippen MR) is 60.1 cm³/mol. The van der Waals surface area contributed by atoms with Gasteiger partial charge in [0.2, 0.25) is 5.76 Å². The fourth-order valence-electron chi connectivity index (χ4n) is 1.45. The first-order valence-electron chi connectivity index (χ1n) is 5.06. The van der Waals surface area contributed by atoms with Crippen molar-refractivity contribution in [1.29, 1.82) is 0 Å². The minimum absolute atomic E-state index is 0.0401. The quantitative estimate of drug-likeness (QED) is 0.800. The number of esters is 1. The van der Waals surface area contributed by atoms with E-state index < -0.39 is 5.97 Å². The molecule has 0 bridgehead atoms. The van der Waals surface area contributed by atoms with Crippen LogP contribution in [0.4, 0.5) is 0 Å². The molecule has 2 aromatic rings. The average Bonchev–Trinajstić information content (AvgIpc) is 2.28. The lowest BCUT2D eigenvalue weighted by Crippen LogP contribution is -2.09. The van der Waals surface area contributed by atoms with E-state index in [-0.39, 0.29) is 29.1 Å². The maximum absolute atomic E-state index is 11.7. The van der Waals surface area contributed by atoms with Crippen molar-refractivity contribution in [2.24, 2.45) is 0 Å². The number of carbonyl (C=O) groups excluding carboxylic acids is 1. The summed E-state index contributed by atoms with van der Waals surface area (Å²) in [6.07, 6.45) is 0. The fourth-order valence-corrected chi connectivity index (χ4v) is 1.45. The molecule has 88 valence electrons.